The minimum Gasteiger partial charge on any atom is -0.329 e. The Kier molecular flexibility index (Phi) is 4.70. The largest absolute Gasteiger partial charge is 0.329 e. The molecule has 1 aliphatic rings. The molecule has 20 heavy (non-hydrogen) atoms. The van der Waals surface area contributed by atoms with E-state index in [1.54, 1.807) is 0 Å². The molecule has 5 heteroatoms. The second-order valence-electron chi connectivity index (χ2n) is 5.84. The second-order valence-corrected chi connectivity index (χ2v) is 5.84. The van der Waals surface area contributed by atoms with Gasteiger partial charge in [-0.05, 0) is 42.5 Å². The molecule has 0 radical (unpaired) electrons. The molecule has 1 aromatic carbocycles. The van der Waals surface area contributed by atoms with Gasteiger partial charge in [0.15, 0.2) is 17.5 Å². The maximum atomic E-state index is 13.4. The first kappa shape index (κ1) is 15.3. The van der Waals surface area contributed by atoms with Gasteiger partial charge in [-0.2, -0.15) is 0 Å². The van der Waals surface area contributed by atoms with E-state index in [4.69, 9.17) is 5.73 Å². The summed E-state index contributed by atoms with van der Waals surface area (Å²) < 4.78 is 39.7. The van der Waals surface area contributed by atoms with Crippen LogP contribution in [0, 0.1) is 29.3 Å². The van der Waals surface area contributed by atoms with Gasteiger partial charge in [-0.15, -0.1) is 0 Å². The topological polar surface area (TPSA) is 29.3 Å². The van der Waals surface area contributed by atoms with E-state index in [-0.39, 0.29) is 12.6 Å². The Bertz CT molecular complexity index is 453. The molecule has 0 amide bonds. The first-order valence-corrected chi connectivity index (χ1v) is 7.02. The highest BCUT2D eigenvalue weighted by molar-refractivity contribution is 5.23. The van der Waals surface area contributed by atoms with Crippen LogP contribution >= 0.6 is 0 Å². The first-order valence-electron chi connectivity index (χ1n) is 7.02. The maximum Gasteiger partial charge on any atom is 0.194 e. The summed E-state index contributed by atoms with van der Waals surface area (Å²) in [5, 5.41) is 0. The van der Waals surface area contributed by atoms with E-state index >= 15 is 0 Å². The smallest absolute Gasteiger partial charge is 0.194 e. The lowest BCUT2D eigenvalue weighted by Crippen LogP contribution is -2.32. The average molecular weight is 286 g/mol. The van der Waals surface area contributed by atoms with Crippen molar-refractivity contribution in [2.75, 3.05) is 19.6 Å². The van der Waals surface area contributed by atoms with Crippen molar-refractivity contribution in [1.29, 1.82) is 0 Å². The first-order chi connectivity index (χ1) is 9.43. The van der Waals surface area contributed by atoms with Crippen molar-refractivity contribution < 1.29 is 13.2 Å². The molecule has 1 aromatic rings. The summed E-state index contributed by atoms with van der Waals surface area (Å²) >= 11 is 0. The number of hydrogen-bond acceptors (Lipinski definition) is 2. The maximum absolute atomic E-state index is 13.4. The third-order valence-corrected chi connectivity index (χ3v) is 4.25. The number of halogens is 3. The quantitative estimate of drug-likeness (QED) is 0.862. The molecular weight excluding hydrogens is 265 g/mol. The summed E-state index contributed by atoms with van der Waals surface area (Å²) in [6, 6.07) is 1.85. The van der Waals surface area contributed by atoms with Gasteiger partial charge in [0.2, 0.25) is 0 Å². The standard InChI is InChI=1S/C15H21F3N2/c1-9(2)10-3-4-20(8-10)14(7-19)11-5-12(16)15(18)13(17)6-11/h5-6,9-10,14H,3-4,7-8,19H2,1-2H3. The highest BCUT2D eigenvalue weighted by atomic mass is 19.2. The summed E-state index contributed by atoms with van der Waals surface area (Å²) in [5.41, 5.74) is 6.17. The van der Waals surface area contributed by atoms with Crippen LogP contribution in [0.3, 0.4) is 0 Å². The van der Waals surface area contributed by atoms with Crippen molar-refractivity contribution in [1.82, 2.24) is 4.90 Å². The van der Waals surface area contributed by atoms with Gasteiger partial charge in [0, 0.05) is 19.1 Å². The molecule has 112 valence electrons. The van der Waals surface area contributed by atoms with E-state index in [9.17, 15) is 13.2 Å². The molecule has 0 aliphatic carbocycles. The molecular formula is C15H21F3N2. The second kappa shape index (κ2) is 6.14. The summed E-state index contributed by atoms with van der Waals surface area (Å²) in [7, 11) is 0. The molecule has 2 N–H and O–H groups in total. The predicted molar refractivity (Wildman–Crippen MR) is 72.6 cm³/mol. The van der Waals surface area contributed by atoms with Crippen molar-refractivity contribution in [3.05, 3.63) is 35.1 Å². The highest BCUT2D eigenvalue weighted by Gasteiger charge is 2.30. The average Bonchev–Trinajstić information content (AvgIpc) is 2.86. The molecule has 2 nitrogen and oxygen atoms in total. The number of likely N-dealkylation sites (tertiary alicyclic amines) is 1. The van der Waals surface area contributed by atoms with Crippen molar-refractivity contribution in [3.63, 3.8) is 0 Å². The number of nitrogens with two attached hydrogens (primary N) is 1. The fraction of sp³-hybridized carbons (Fsp3) is 0.600. The zero-order valence-corrected chi connectivity index (χ0v) is 11.9. The lowest BCUT2D eigenvalue weighted by molar-refractivity contribution is 0.230. The van der Waals surface area contributed by atoms with E-state index in [0.717, 1.165) is 31.6 Å². The van der Waals surface area contributed by atoms with Gasteiger partial charge >= 0.3 is 0 Å². The van der Waals surface area contributed by atoms with E-state index in [1.807, 2.05) is 0 Å². The summed E-state index contributed by atoms with van der Waals surface area (Å²) in [6.45, 7) is 6.31. The van der Waals surface area contributed by atoms with Gasteiger partial charge in [-0.3, -0.25) is 4.90 Å². The molecule has 1 fully saturated rings. The number of rotatable bonds is 4. The van der Waals surface area contributed by atoms with Crippen LogP contribution < -0.4 is 5.73 Å². The van der Waals surface area contributed by atoms with Crippen LogP contribution in [0.5, 0.6) is 0 Å². The Morgan fingerprint density at radius 2 is 1.85 bits per heavy atom. The lowest BCUT2D eigenvalue weighted by atomic mass is 9.95. The lowest BCUT2D eigenvalue weighted by Gasteiger charge is -2.27. The Morgan fingerprint density at radius 1 is 1.25 bits per heavy atom. The molecule has 2 atom stereocenters. The number of benzene rings is 1. The van der Waals surface area contributed by atoms with Gasteiger partial charge in [0.05, 0.1) is 0 Å². The third-order valence-electron chi connectivity index (χ3n) is 4.25. The minimum atomic E-state index is -1.42. The van der Waals surface area contributed by atoms with Gasteiger partial charge in [-0.25, -0.2) is 13.2 Å². The van der Waals surface area contributed by atoms with Gasteiger partial charge in [0.25, 0.3) is 0 Å². The van der Waals surface area contributed by atoms with Crippen molar-refractivity contribution in [2.24, 2.45) is 17.6 Å². The van der Waals surface area contributed by atoms with Crippen molar-refractivity contribution >= 4 is 0 Å². The fourth-order valence-electron chi connectivity index (χ4n) is 2.91. The van der Waals surface area contributed by atoms with Crippen LogP contribution in [0.25, 0.3) is 0 Å². The van der Waals surface area contributed by atoms with Crippen LogP contribution in [-0.2, 0) is 0 Å². The van der Waals surface area contributed by atoms with Gasteiger partial charge in [-0.1, -0.05) is 13.8 Å². The number of hydrogen-bond donors (Lipinski definition) is 1. The van der Waals surface area contributed by atoms with Gasteiger partial charge < -0.3 is 5.73 Å². The Labute approximate surface area is 117 Å². The highest BCUT2D eigenvalue weighted by Crippen LogP contribution is 2.31. The fourth-order valence-corrected chi connectivity index (χ4v) is 2.91. The minimum absolute atomic E-state index is 0.259. The molecule has 0 spiro atoms. The normalized spacial score (nSPS) is 21.6. The van der Waals surface area contributed by atoms with Gasteiger partial charge in [0.1, 0.15) is 0 Å². The van der Waals surface area contributed by atoms with Crippen LogP contribution in [0.1, 0.15) is 31.9 Å². The van der Waals surface area contributed by atoms with Crippen LogP contribution in [0.2, 0.25) is 0 Å². The van der Waals surface area contributed by atoms with Crippen LogP contribution in [0.15, 0.2) is 12.1 Å². The molecule has 2 rings (SSSR count). The van der Waals surface area contributed by atoms with Crippen LogP contribution in [-0.4, -0.2) is 24.5 Å². The molecule has 0 aromatic heterocycles. The van der Waals surface area contributed by atoms with Crippen molar-refractivity contribution in [3.8, 4) is 0 Å². The van der Waals surface area contributed by atoms with E-state index in [0.29, 0.717) is 17.4 Å². The zero-order valence-electron chi connectivity index (χ0n) is 11.9. The van der Waals surface area contributed by atoms with Crippen molar-refractivity contribution in [2.45, 2.75) is 26.3 Å². The molecule has 1 heterocycles. The Hall–Kier alpha value is -1.07. The Balaban J connectivity index is 2.21. The molecule has 1 aliphatic heterocycles. The summed E-state index contributed by atoms with van der Waals surface area (Å²) in [5.74, 6) is -2.60. The Morgan fingerprint density at radius 3 is 2.30 bits per heavy atom. The summed E-state index contributed by atoms with van der Waals surface area (Å²) in [4.78, 5) is 2.14. The number of nitrogens with zero attached hydrogens (tertiary/aromatic N) is 1. The van der Waals surface area contributed by atoms with Crippen LogP contribution in [0.4, 0.5) is 13.2 Å². The third kappa shape index (κ3) is 2.99. The monoisotopic (exact) mass is 286 g/mol. The van der Waals surface area contributed by atoms with E-state index < -0.39 is 17.5 Å². The van der Waals surface area contributed by atoms with E-state index in [1.165, 1.54) is 0 Å². The summed E-state index contributed by atoms with van der Waals surface area (Å²) in [6.07, 6.45) is 1.06. The predicted octanol–water partition coefficient (Wildman–Crippen LogP) is 3.08. The molecule has 0 saturated carbocycles. The zero-order chi connectivity index (χ0) is 14.9. The molecule has 0 bridgehead atoms. The SMILES string of the molecule is CC(C)C1CCN(C(CN)c2cc(F)c(F)c(F)c2)C1. The molecule has 2 unspecified atom stereocenters. The molecule has 1 saturated heterocycles. The van der Waals surface area contributed by atoms with E-state index in [2.05, 4.69) is 18.7 Å².